The summed E-state index contributed by atoms with van der Waals surface area (Å²) < 4.78 is 0. The van der Waals surface area contributed by atoms with Crippen LogP contribution in [0.5, 0.6) is 0 Å². The van der Waals surface area contributed by atoms with E-state index in [0.29, 0.717) is 13.0 Å². The van der Waals surface area contributed by atoms with Gasteiger partial charge in [-0.15, -0.1) is 0 Å². The van der Waals surface area contributed by atoms with Crippen LogP contribution in [0.4, 0.5) is 0 Å². The Morgan fingerprint density at radius 1 is 1.45 bits per heavy atom. The Morgan fingerprint density at radius 3 is 2.95 bits per heavy atom. The molecule has 1 N–H and O–H groups in total. The molecule has 0 fully saturated rings. The third kappa shape index (κ3) is 2.99. The molecule has 0 spiro atoms. The first-order valence-electron chi connectivity index (χ1n) is 6.73. The van der Waals surface area contributed by atoms with Gasteiger partial charge in [0.15, 0.2) is 0 Å². The van der Waals surface area contributed by atoms with Gasteiger partial charge < -0.3 is 10.2 Å². The van der Waals surface area contributed by atoms with E-state index in [1.165, 1.54) is 23.0 Å². The Bertz CT molecular complexity index is 572. The van der Waals surface area contributed by atoms with Crippen LogP contribution in [0.3, 0.4) is 0 Å². The molecule has 0 atom stereocenters. The summed E-state index contributed by atoms with van der Waals surface area (Å²) in [5.74, 6) is -0.00678. The molecule has 3 heteroatoms. The van der Waals surface area contributed by atoms with Gasteiger partial charge in [0.25, 0.3) is 0 Å². The number of nitrogens with zero attached hydrogens (tertiary/aromatic N) is 1. The maximum Gasteiger partial charge on any atom is 0.225 e. The predicted octanol–water partition coefficient (Wildman–Crippen LogP) is 2.81. The zero-order chi connectivity index (χ0) is 14.5. The fraction of sp³-hybridized carbons (Fsp3) is 0.235. The van der Waals surface area contributed by atoms with Gasteiger partial charge in [-0.05, 0) is 23.7 Å². The molecule has 104 valence electrons. The lowest BCUT2D eigenvalue weighted by atomic mass is 10.0. The third-order valence-corrected chi connectivity index (χ3v) is 3.50. The van der Waals surface area contributed by atoms with Crippen LogP contribution in [0.15, 0.2) is 43.6 Å². The van der Waals surface area contributed by atoms with Crippen molar-refractivity contribution in [2.24, 2.45) is 0 Å². The van der Waals surface area contributed by atoms with Crippen LogP contribution in [0.1, 0.15) is 23.1 Å². The number of hydrogen-bond acceptors (Lipinski definition) is 2. The average molecular weight is 268 g/mol. The molecule has 20 heavy (non-hydrogen) atoms. The highest BCUT2D eigenvalue weighted by molar-refractivity contribution is 5.78. The molecule has 3 nitrogen and oxygen atoms in total. The Hall–Kier alpha value is -2.29. The molecule has 2 rings (SSSR count). The first kappa shape index (κ1) is 14.1. The summed E-state index contributed by atoms with van der Waals surface area (Å²) in [5.41, 5.74) is 4.91. The van der Waals surface area contributed by atoms with Crippen LogP contribution in [0, 0.1) is 0 Å². The zero-order valence-corrected chi connectivity index (χ0v) is 11.9. The van der Waals surface area contributed by atoms with Crippen molar-refractivity contribution in [1.29, 1.82) is 0 Å². The lowest BCUT2D eigenvalue weighted by Crippen LogP contribution is -2.24. The fourth-order valence-electron chi connectivity index (χ4n) is 2.41. The second-order valence-electron chi connectivity index (χ2n) is 4.86. The van der Waals surface area contributed by atoms with Crippen molar-refractivity contribution in [1.82, 2.24) is 10.2 Å². The maximum absolute atomic E-state index is 11.5. The van der Waals surface area contributed by atoms with E-state index in [2.05, 4.69) is 47.6 Å². The van der Waals surface area contributed by atoms with E-state index in [9.17, 15) is 4.79 Å². The number of rotatable bonds is 6. The molecular weight excluding hydrogens is 248 g/mol. The highest BCUT2D eigenvalue weighted by Crippen LogP contribution is 2.30. The largest absolute Gasteiger partial charge is 0.374 e. The van der Waals surface area contributed by atoms with Crippen LogP contribution in [-0.2, 0) is 11.2 Å². The standard InChI is InChI=1S/C17H20N2O/c1-4-13-6-8-15-14(12-13)7-9-16(15)19(3)11-10-17(20)18-5-2/h4-6,8-9,12H,1-2,7,10-11H2,3H3,(H,18,20). The predicted molar refractivity (Wildman–Crippen MR) is 83.8 cm³/mol. The van der Waals surface area contributed by atoms with Gasteiger partial charge in [0.1, 0.15) is 0 Å². The number of carbonyl (C=O) groups is 1. The second-order valence-corrected chi connectivity index (χ2v) is 4.86. The summed E-state index contributed by atoms with van der Waals surface area (Å²) in [7, 11) is 2.02. The van der Waals surface area contributed by atoms with E-state index in [1.807, 2.05) is 13.1 Å². The molecule has 1 aromatic carbocycles. The Balaban J connectivity index is 2.03. The number of nitrogens with one attached hydrogen (secondary N) is 1. The van der Waals surface area contributed by atoms with Crippen molar-refractivity contribution < 1.29 is 4.79 Å². The molecule has 0 saturated heterocycles. The minimum absolute atomic E-state index is 0.00678. The number of amides is 1. The van der Waals surface area contributed by atoms with Crippen molar-refractivity contribution in [3.8, 4) is 0 Å². The highest BCUT2D eigenvalue weighted by Gasteiger charge is 2.17. The van der Waals surface area contributed by atoms with Crippen molar-refractivity contribution in [3.05, 3.63) is 60.3 Å². The van der Waals surface area contributed by atoms with E-state index >= 15 is 0 Å². The molecule has 0 aliphatic heterocycles. The highest BCUT2D eigenvalue weighted by atomic mass is 16.1. The van der Waals surface area contributed by atoms with E-state index in [4.69, 9.17) is 0 Å². The number of fused-ring (bicyclic) bond motifs is 1. The molecular formula is C17H20N2O. The molecule has 0 unspecified atom stereocenters. The van der Waals surface area contributed by atoms with Crippen LogP contribution in [-0.4, -0.2) is 24.4 Å². The van der Waals surface area contributed by atoms with Crippen molar-refractivity contribution in [3.63, 3.8) is 0 Å². The summed E-state index contributed by atoms with van der Waals surface area (Å²) in [6.45, 7) is 7.97. The normalized spacial score (nSPS) is 12.3. The van der Waals surface area contributed by atoms with E-state index in [1.54, 1.807) is 0 Å². The van der Waals surface area contributed by atoms with Crippen LogP contribution in [0.2, 0.25) is 0 Å². The zero-order valence-electron chi connectivity index (χ0n) is 11.9. The monoisotopic (exact) mass is 268 g/mol. The van der Waals surface area contributed by atoms with Gasteiger partial charge in [0.2, 0.25) is 5.91 Å². The Labute approximate surface area is 120 Å². The number of carbonyl (C=O) groups excluding carboxylic acids is 1. The number of allylic oxidation sites excluding steroid dienone is 1. The SMILES string of the molecule is C=CNC(=O)CCN(C)C1=CCc2cc(C=C)ccc21. The molecule has 0 radical (unpaired) electrons. The quantitative estimate of drug-likeness (QED) is 0.860. The van der Waals surface area contributed by atoms with E-state index in [0.717, 1.165) is 12.0 Å². The van der Waals surface area contributed by atoms with Gasteiger partial charge in [-0.2, -0.15) is 0 Å². The van der Waals surface area contributed by atoms with Gasteiger partial charge in [0.05, 0.1) is 0 Å². The minimum Gasteiger partial charge on any atom is -0.374 e. The van der Waals surface area contributed by atoms with Gasteiger partial charge in [-0.25, -0.2) is 0 Å². The maximum atomic E-state index is 11.5. The molecule has 0 bridgehead atoms. The van der Waals surface area contributed by atoms with E-state index < -0.39 is 0 Å². The van der Waals surface area contributed by atoms with Gasteiger partial charge in [0, 0.05) is 31.3 Å². The van der Waals surface area contributed by atoms with Gasteiger partial charge in [-0.1, -0.05) is 43.5 Å². The topological polar surface area (TPSA) is 32.3 Å². The molecule has 0 saturated carbocycles. The second kappa shape index (κ2) is 6.24. The molecule has 1 aromatic rings. The molecule has 1 amide bonds. The number of benzene rings is 1. The molecule has 1 aliphatic rings. The third-order valence-electron chi connectivity index (χ3n) is 3.50. The lowest BCUT2D eigenvalue weighted by molar-refractivity contribution is -0.120. The van der Waals surface area contributed by atoms with Gasteiger partial charge >= 0.3 is 0 Å². The summed E-state index contributed by atoms with van der Waals surface area (Å²) >= 11 is 0. The van der Waals surface area contributed by atoms with E-state index in [-0.39, 0.29) is 5.91 Å². The van der Waals surface area contributed by atoms with Gasteiger partial charge in [-0.3, -0.25) is 4.79 Å². The lowest BCUT2D eigenvalue weighted by Gasteiger charge is -2.21. The average Bonchev–Trinajstić information content (AvgIpc) is 2.88. The molecule has 0 heterocycles. The van der Waals surface area contributed by atoms with Crippen molar-refractivity contribution in [2.75, 3.05) is 13.6 Å². The summed E-state index contributed by atoms with van der Waals surface area (Å²) in [6.07, 6.45) is 6.89. The Kier molecular flexibility index (Phi) is 4.41. The first-order valence-corrected chi connectivity index (χ1v) is 6.73. The Morgan fingerprint density at radius 2 is 2.25 bits per heavy atom. The smallest absolute Gasteiger partial charge is 0.225 e. The fourth-order valence-corrected chi connectivity index (χ4v) is 2.41. The molecule has 1 aliphatic carbocycles. The van der Waals surface area contributed by atoms with Crippen LogP contribution < -0.4 is 5.32 Å². The van der Waals surface area contributed by atoms with Crippen LogP contribution in [0.25, 0.3) is 11.8 Å². The minimum atomic E-state index is -0.00678. The van der Waals surface area contributed by atoms with Crippen molar-refractivity contribution >= 4 is 17.7 Å². The summed E-state index contributed by atoms with van der Waals surface area (Å²) in [5, 5.41) is 2.59. The summed E-state index contributed by atoms with van der Waals surface area (Å²) in [4.78, 5) is 13.6. The molecule has 0 aromatic heterocycles. The van der Waals surface area contributed by atoms with Crippen LogP contribution >= 0.6 is 0 Å². The first-order chi connectivity index (χ1) is 9.65. The summed E-state index contributed by atoms with van der Waals surface area (Å²) in [6, 6.07) is 6.37. The van der Waals surface area contributed by atoms with Crippen molar-refractivity contribution in [2.45, 2.75) is 12.8 Å². The number of hydrogen-bond donors (Lipinski definition) is 1.